The van der Waals surface area contributed by atoms with Crippen LogP contribution in [-0.2, 0) is 26.7 Å². The van der Waals surface area contributed by atoms with Gasteiger partial charge in [-0.25, -0.2) is 9.97 Å². The summed E-state index contributed by atoms with van der Waals surface area (Å²) in [5.41, 5.74) is 15.7. The number of H-pyrrole nitrogens is 1. The molecular weight excluding hydrogens is 684 g/mol. The lowest BCUT2D eigenvalue weighted by molar-refractivity contribution is -0.748. The lowest BCUT2D eigenvalue weighted by Gasteiger charge is -2.14. The summed E-state index contributed by atoms with van der Waals surface area (Å²) in [5.74, 6) is -1.02. The van der Waals surface area contributed by atoms with E-state index >= 15 is 0 Å². The summed E-state index contributed by atoms with van der Waals surface area (Å²) in [7, 11) is 3.19. The molecule has 0 fully saturated rings. The highest BCUT2D eigenvalue weighted by Gasteiger charge is 2.25. The van der Waals surface area contributed by atoms with Crippen LogP contribution in [-0.4, -0.2) is 71.3 Å². The number of amides is 4. The van der Waals surface area contributed by atoms with Crippen molar-refractivity contribution in [3.63, 3.8) is 0 Å². The minimum atomic E-state index is -0.674. The molecule has 0 aliphatic rings. The third kappa shape index (κ3) is 6.97. The van der Waals surface area contributed by atoms with E-state index in [4.69, 9.17) is 20.9 Å². The number of rotatable bonds is 14. The number of ether oxygens (including phenoxy) is 2. The van der Waals surface area contributed by atoms with Crippen LogP contribution in [0.2, 0.25) is 0 Å². The molecule has 6 rings (SSSR count). The summed E-state index contributed by atoms with van der Waals surface area (Å²) in [6.07, 6.45) is 0.384. The van der Waals surface area contributed by atoms with E-state index in [0.29, 0.717) is 70.2 Å². The van der Waals surface area contributed by atoms with Crippen molar-refractivity contribution in [3.05, 3.63) is 70.3 Å². The number of aryl methyl sites for hydroxylation is 6. The van der Waals surface area contributed by atoms with Crippen LogP contribution >= 0.6 is 0 Å². The molecule has 6 aromatic rings. The highest BCUT2D eigenvalue weighted by Crippen LogP contribution is 2.33. The average molecular weight is 726 g/mol. The Labute approximate surface area is 303 Å². The number of anilines is 2. The van der Waals surface area contributed by atoms with E-state index < -0.39 is 17.7 Å². The van der Waals surface area contributed by atoms with Gasteiger partial charge in [0.15, 0.2) is 6.54 Å². The molecular formula is C35H41N12O6+. The fourth-order valence-corrected chi connectivity index (χ4v) is 6.25. The molecule has 0 bridgehead atoms. The molecule has 0 atom stereocenters. The molecule has 4 heterocycles. The Morgan fingerprint density at radius 3 is 2.15 bits per heavy atom. The third-order valence-electron chi connectivity index (χ3n) is 8.70. The quantitative estimate of drug-likeness (QED) is 0.0818. The molecule has 0 aliphatic heterocycles. The Hall–Kier alpha value is -6.72. The first-order valence-corrected chi connectivity index (χ1v) is 16.9. The van der Waals surface area contributed by atoms with E-state index in [1.165, 1.54) is 31.4 Å². The van der Waals surface area contributed by atoms with Gasteiger partial charge in [-0.1, -0.05) is 0 Å². The number of aromatic amines is 1. The number of hydrogen-bond donors (Lipinski definition) is 5. The standard InChI is InChI=1S/C35H40N12O6/c1-7-46-24(12-18(3)42-46)32(50)40-34-38-22-14-21(31(37)49)17-27(28(22)44(34)5)53-11-9-10-45-29-23(15-20(30(36)48)16-26(29)52-6)39-35(45)41-33(51)25-13-19(4)43-47(25)8-2/h12-17H,7-11H2,1-6H3,(H6,36,37,38,39,40,41,48,49,50,51)/p+1. The van der Waals surface area contributed by atoms with E-state index in [9.17, 15) is 19.2 Å². The highest BCUT2D eigenvalue weighted by molar-refractivity contribution is 6.05. The molecule has 0 aliphatic carbocycles. The van der Waals surface area contributed by atoms with Gasteiger partial charge in [0.05, 0.1) is 36.1 Å². The first-order valence-electron chi connectivity index (χ1n) is 16.9. The Bertz CT molecular complexity index is 2420. The molecule has 2 aromatic carbocycles. The first-order chi connectivity index (χ1) is 25.3. The molecule has 7 N–H and O–H groups in total. The van der Waals surface area contributed by atoms with Crippen molar-refractivity contribution >= 4 is 57.6 Å². The summed E-state index contributed by atoms with van der Waals surface area (Å²) >= 11 is 0. The van der Waals surface area contributed by atoms with Crippen LogP contribution in [0.5, 0.6) is 11.5 Å². The van der Waals surface area contributed by atoms with Crippen LogP contribution < -0.4 is 36.3 Å². The molecule has 0 saturated carbocycles. The Balaban J connectivity index is 1.29. The number of carbonyl (C=O) groups excluding carboxylic acids is 4. The van der Waals surface area contributed by atoms with Gasteiger partial charge >= 0.3 is 5.91 Å². The number of primary amides is 2. The van der Waals surface area contributed by atoms with Crippen molar-refractivity contribution < 1.29 is 33.3 Å². The smallest absolute Gasteiger partial charge is 0.325 e. The van der Waals surface area contributed by atoms with Crippen molar-refractivity contribution in [2.24, 2.45) is 18.5 Å². The van der Waals surface area contributed by atoms with Crippen LogP contribution in [0.3, 0.4) is 0 Å². The zero-order valence-electron chi connectivity index (χ0n) is 30.2. The number of benzene rings is 2. The second kappa shape index (κ2) is 14.5. The third-order valence-corrected chi connectivity index (χ3v) is 8.70. The van der Waals surface area contributed by atoms with Gasteiger partial charge in [-0.3, -0.25) is 34.5 Å². The van der Waals surface area contributed by atoms with Gasteiger partial charge in [-0.05, 0) is 64.4 Å². The number of methoxy groups -OCH3 is 1. The fourth-order valence-electron chi connectivity index (χ4n) is 6.25. The molecule has 0 radical (unpaired) electrons. The lowest BCUT2D eigenvalue weighted by Crippen LogP contribution is -2.41. The summed E-state index contributed by atoms with van der Waals surface area (Å²) in [4.78, 5) is 60.3. The highest BCUT2D eigenvalue weighted by atomic mass is 16.5. The number of hydrogen-bond acceptors (Lipinski definition) is 9. The topological polar surface area (TPSA) is 236 Å². The minimum absolute atomic E-state index is 0.139. The van der Waals surface area contributed by atoms with Crippen LogP contribution in [0.4, 0.5) is 11.9 Å². The predicted molar refractivity (Wildman–Crippen MR) is 194 cm³/mol. The summed E-state index contributed by atoms with van der Waals surface area (Å²) in [6.45, 7) is 8.94. The first kappa shape index (κ1) is 36.1. The van der Waals surface area contributed by atoms with Gasteiger partial charge in [0.25, 0.3) is 11.6 Å². The Morgan fingerprint density at radius 2 is 1.51 bits per heavy atom. The molecule has 4 amide bonds. The molecule has 53 heavy (non-hydrogen) atoms. The normalized spacial score (nSPS) is 11.3. The van der Waals surface area contributed by atoms with Crippen molar-refractivity contribution in [2.75, 3.05) is 24.4 Å². The van der Waals surface area contributed by atoms with Gasteiger partial charge < -0.3 is 30.1 Å². The van der Waals surface area contributed by atoms with Gasteiger partial charge in [0, 0.05) is 37.3 Å². The molecule has 0 spiro atoms. The SMILES string of the molecule is CCn1nc(C)cc1C(=O)Nc1nc2cc(C(N)=O)cc(OC)c2n1CCCOc1cc(C(N)=O)cc2nc(NC(=O)c3cc(C)[nH][n+]3CC)n(C)c12. The van der Waals surface area contributed by atoms with E-state index in [1.54, 1.807) is 44.6 Å². The lowest BCUT2D eigenvalue weighted by atomic mass is 10.1. The van der Waals surface area contributed by atoms with E-state index in [-0.39, 0.29) is 42.1 Å². The fraction of sp³-hybridized carbons (Fsp3) is 0.314. The van der Waals surface area contributed by atoms with Crippen molar-refractivity contribution in [1.82, 2.24) is 34.0 Å². The van der Waals surface area contributed by atoms with E-state index in [1.807, 2.05) is 20.8 Å². The number of aromatic nitrogens is 8. The molecule has 18 nitrogen and oxygen atoms in total. The van der Waals surface area contributed by atoms with Crippen LogP contribution in [0.25, 0.3) is 22.1 Å². The molecule has 276 valence electrons. The van der Waals surface area contributed by atoms with Crippen molar-refractivity contribution in [1.29, 1.82) is 0 Å². The number of imidazole rings is 2. The van der Waals surface area contributed by atoms with Gasteiger partial charge in [0.2, 0.25) is 23.7 Å². The van der Waals surface area contributed by atoms with Gasteiger partial charge in [-0.2, -0.15) is 10.2 Å². The van der Waals surface area contributed by atoms with E-state index in [0.717, 1.165) is 5.69 Å². The van der Waals surface area contributed by atoms with Gasteiger partial charge in [0.1, 0.15) is 28.2 Å². The molecule has 18 heteroatoms. The summed E-state index contributed by atoms with van der Waals surface area (Å²) in [6, 6.07) is 9.55. The predicted octanol–water partition coefficient (Wildman–Crippen LogP) is 2.57. The van der Waals surface area contributed by atoms with E-state index in [2.05, 4.69) is 30.8 Å². The second-order valence-electron chi connectivity index (χ2n) is 12.4. The Morgan fingerprint density at radius 1 is 0.868 bits per heavy atom. The van der Waals surface area contributed by atoms with Crippen LogP contribution in [0.1, 0.15) is 73.3 Å². The Kier molecular flexibility index (Phi) is 9.86. The molecule has 0 unspecified atom stereocenters. The molecule has 4 aromatic heterocycles. The number of nitrogens with zero attached hydrogens (tertiary/aromatic N) is 7. The average Bonchev–Trinajstić information content (AvgIpc) is 3.88. The number of nitrogens with two attached hydrogens (primary N) is 2. The maximum absolute atomic E-state index is 13.5. The largest absolute Gasteiger partial charge is 0.494 e. The second-order valence-corrected chi connectivity index (χ2v) is 12.4. The van der Waals surface area contributed by atoms with Crippen molar-refractivity contribution in [2.45, 2.75) is 53.8 Å². The molecule has 0 saturated heterocycles. The van der Waals surface area contributed by atoms with Crippen LogP contribution in [0.15, 0.2) is 36.4 Å². The van der Waals surface area contributed by atoms with Crippen molar-refractivity contribution in [3.8, 4) is 11.5 Å². The maximum Gasteiger partial charge on any atom is 0.325 e. The summed E-state index contributed by atoms with van der Waals surface area (Å²) < 4.78 is 18.6. The van der Waals surface area contributed by atoms with Crippen LogP contribution in [0, 0.1) is 13.8 Å². The number of fused-ring (bicyclic) bond motifs is 2. The number of nitrogens with one attached hydrogen (secondary N) is 3. The maximum atomic E-state index is 13.5. The zero-order valence-corrected chi connectivity index (χ0v) is 30.2. The van der Waals surface area contributed by atoms with Gasteiger partial charge in [-0.15, -0.1) is 4.68 Å². The summed E-state index contributed by atoms with van der Waals surface area (Å²) in [5, 5.41) is 13.2. The minimum Gasteiger partial charge on any atom is -0.494 e. The zero-order chi connectivity index (χ0) is 38.1. The monoisotopic (exact) mass is 725 g/mol. The number of carbonyl (C=O) groups is 4.